The van der Waals surface area contributed by atoms with Gasteiger partial charge in [0.15, 0.2) is 5.82 Å². The van der Waals surface area contributed by atoms with Crippen molar-refractivity contribution in [2.45, 2.75) is 25.0 Å². The molecule has 0 bridgehead atoms. The Morgan fingerprint density at radius 1 is 1.28 bits per heavy atom. The van der Waals surface area contributed by atoms with Crippen molar-refractivity contribution in [2.24, 2.45) is 0 Å². The molecule has 6 nitrogen and oxygen atoms in total. The number of piperidine rings is 1. The van der Waals surface area contributed by atoms with E-state index in [1.54, 1.807) is 18.3 Å². The van der Waals surface area contributed by atoms with Crippen LogP contribution in [0, 0.1) is 11.3 Å². The molecule has 0 amide bonds. The summed E-state index contributed by atoms with van der Waals surface area (Å²) >= 11 is 0. The van der Waals surface area contributed by atoms with Crippen LogP contribution in [0.4, 0.5) is 5.82 Å². The Morgan fingerprint density at radius 3 is 2.60 bits per heavy atom. The molecule has 0 saturated carbocycles. The Bertz CT molecular complexity index is 705. The van der Waals surface area contributed by atoms with Crippen molar-refractivity contribution >= 4 is 5.82 Å². The number of likely N-dealkylation sites (N-methyl/N-ethyl adjacent to an activating group) is 1. The second-order valence-electron chi connectivity index (χ2n) is 6.49. The van der Waals surface area contributed by atoms with E-state index in [0.29, 0.717) is 18.2 Å². The van der Waals surface area contributed by atoms with E-state index in [1.165, 1.54) is 0 Å². The summed E-state index contributed by atoms with van der Waals surface area (Å²) in [5, 5.41) is 27.4. The molecular weight excluding hydrogens is 314 g/mol. The fraction of sp³-hybridized carbons (Fsp3) is 0.421. The fourth-order valence-corrected chi connectivity index (χ4v) is 3.30. The third-order valence-electron chi connectivity index (χ3n) is 4.86. The Balaban J connectivity index is 1.52. The molecule has 1 saturated heterocycles. The molecule has 2 aromatic rings. The molecule has 0 radical (unpaired) electrons. The third kappa shape index (κ3) is 4.32. The molecule has 0 spiro atoms. The molecule has 1 atom stereocenters. The van der Waals surface area contributed by atoms with E-state index in [0.717, 1.165) is 37.3 Å². The van der Waals surface area contributed by atoms with E-state index in [1.807, 2.05) is 24.3 Å². The van der Waals surface area contributed by atoms with Gasteiger partial charge in [-0.15, -0.1) is 5.10 Å². The summed E-state index contributed by atoms with van der Waals surface area (Å²) in [5.41, 5.74) is 1.46. The Hall–Kier alpha value is -2.49. The molecule has 2 heterocycles. The zero-order valence-corrected chi connectivity index (χ0v) is 14.4. The zero-order chi connectivity index (χ0) is 17.6. The van der Waals surface area contributed by atoms with Crippen LogP contribution in [-0.2, 0) is 0 Å². The number of rotatable bonds is 5. The van der Waals surface area contributed by atoms with Gasteiger partial charge in [0.2, 0.25) is 0 Å². The summed E-state index contributed by atoms with van der Waals surface area (Å²) in [6.45, 7) is 2.48. The normalized spacial score (nSPS) is 16.6. The molecule has 130 valence electrons. The van der Waals surface area contributed by atoms with Gasteiger partial charge < -0.3 is 14.9 Å². The average molecular weight is 337 g/mol. The van der Waals surface area contributed by atoms with Crippen LogP contribution >= 0.6 is 0 Å². The quantitative estimate of drug-likeness (QED) is 0.899. The van der Waals surface area contributed by atoms with Crippen molar-refractivity contribution in [3.63, 3.8) is 0 Å². The van der Waals surface area contributed by atoms with Crippen molar-refractivity contribution < 1.29 is 5.11 Å². The van der Waals surface area contributed by atoms with Crippen molar-refractivity contribution in [1.82, 2.24) is 15.1 Å². The monoisotopic (exact) mass is 337 g/mol. The number of hydrogen-bond donors (Lipinski definition) is 1. The van der Waals surface area contributed by atoms with Gasteiger partial charge in [-0.2, -0.15) is 10.4 Å². The maximum absolute atomic E-state index is 10.5. The first kappa shape index (κ1) is 17.3. The lowest BCUT2D eigenvalue weighted by atomic mass is 10.0. The molecule has 1 aromatic heterocycles. The van der Waals surface area contributed by atoms with Gasteiger partial charge in [-0.05, 0) is 49.7 Å². The molecule has 1 N–H and O–H groups in total. The minimum atomic E-state index is -0.546. The minimum absolute atomic E-state index is 0.445. The third-order valence-corrected chi connectivity index (χ3v) is 4.86. The molecule has 25 heavy (non-hydrogen) atoms. The summed E-state index contributed by atoms with van der Waals surface area (Å²) in [5.74, 6) is 0.932. The van der Waals surface area contributed by atoms with Gasteiger partial charge in [0, 0.05) is 31.9 Å². The summed E-state index contributed by atoms with van der Waals surface area (Å²) in [7, 11) is 2.06. The topological polar surface area (TPSA) is 76.3 Å². The van der Waals surface area contributed by atoms with Gasteiger partial charge in [0.25, 0.3) is 0 Å². The van der Waals surface area contributed by atoms with E-state index in [9.17, 15) is 5.11 Å². The summed E-state index contributed by atoms with van der Waals surface area (Å²) in [6, 6.07) is 13.6. The van der Waals surface area contributed by atoms with E-state index < -0.39 is 6.10 Å². The second kappa shape index (κ2) is 8.06. The van der Waals surface area contributed by atoms with Gasteiger partial charge in [-0.25, -0.2) is 0 Å². The van der Waals surface area contributed by atoms with Gasteiger partial charge in [-0.3, -0.25) is 0 Å². The highest BCUT2D eigenvalue weighted by Crippen LogP contribution is 2.22. The molecule has 3 rings (SSSR count). The maximum atomic E-state index is 10.5. The van der Waals surface area contributed by atoms with E-state index in [2.05, 4.69) is 33.1 Å². The Labute approximate surface area is 148 Å². The van der Waals surface area contributed by atoms with Crippen LogP contribution in [0.2, 0.25) is 0 Å². The van der Waals surface area contributed by atoms with Crippen LogP contribution in [0.5, 0.6) is 0 Å². The maximum Gasteiger partial charge on any atom is 0.151 e. The van der Waals surface area contributed by atoms with Gasteiger partial charge in [0.05, 0.1) is 17.7 Å². The lowest BCUT2D eigenvalue weighted by Gasteiger charge is -2.37. The van der Waals surface area contributed by atoms with Crippen molar-refractivity contribution in [1.29, 1.82) is 5.26 Å². The van der Waals surface area contributed by atoms with E-state index in [4.69, 9.17) is 5.26 Å². The highest BCUT2D eigenvalue weighted by atomic mass is 16.3. The average Bonchev–Trinajstić information content (AvgIpc) is 2.68. The number of nitrogens with zero attached hydrogens (tertiary/aromatic N) is 5. The van der Waals surface area contributed by atoms with Crippen LogP contribution in [0.25, 0.3) is 0 Å². The highest BCUT2D eigenvalue weighted by molar-refractivity contribution is 5.37. The van der Waals surface area contributed by atoms with Crippen LogP contribution in [0.3, 0.4) is 0 Å². The number of nitriles is 1. The van der Waals surface area contributed by atoms with Crippen LogP contribution in [0.1, 0.15) is 30.1 Å². The highest BCUT2D eigenvalue weighted by Gasteiger charge is 2.24. The number of hydrogen-bond acceptors (Lipinski definition) is 6. The largest absolute Gasteiger partial charge is 0.387 e. The molecule has 1 unspecified atom stereocenters. The van der Waals surface area contributed by atoms with E-state index in [-0.39, 0.29) is 0 Å². The summed E-state index contributed by atoms with van der Waals surface area (Å²) in [4.78, 5) is 4.49. The molecular formula is C19H23N5O. The predicted molar refractivity (Wildman–Crippen MR) is 96.0 cm³/mol. The first-order valence-corrected chi connectivity index (χ1v) is 8.58. The van der Waals surface area contributed by atoms with Gasteiger partial charge in [0.1, 0.15) is 0 Å². The lowest BCUT2D eigenvalue weighted by Crippen LogP contribution is -2.44. The molecule has 0 aliphatic carbocycles. The minimum Gasteiger partial charge on any atom is -0.387 e. The summed E-state index contributed by atoms with van der Waals surface area (Å²) < 4.78 is 0. The molecule has 1 aliphatic heterocycles. The van der Waals surface area contributed by atoms with Gasteiger partial charge in [-0.1, -0.05) is 12.1 Å². The summed E-state index contributed by atoms with van der Waals surface area (Å²) in [6.07, 6.45) is 3.21. The molecule has 1 aliphatic rings. The number of aliphatic hydroxyl groups excluding tert-OH is 1. The van der Waals surface area contributed by atoms with Crippen molar-refractivity contribution in [2.75, 3.05) is 31.6 Å². The lowest BCUT2D eigenvalue weighted by molar-refractivity contribution is 0.0959. The van der Waals surface area contributed by atoms with Crippen molar-refractivity contribution in [3.8, 4) is 6.07 Å². The number of aromatic nitrogens is 2. The zero-order valence-electron chi connectivity index (χ0n) is 14.4. The van der Waals surface area contributed by atoms with Crippen molar-refractivity contribution in [3.05, 3.63) is 53.7 Å². The van der Waals surface area contributed by atoms with E-state index >= 15 is 0 Å². The molecule has 1 fully saturated rings. The second-order valence-corrected chi connectivity index (χ2v) is 6.49. The number of aliphatic hydroxyl groups is 1. The number of anilines is 1. The molecule has 1 aromatic carbocycles. The Morgan fingerprint density at radius 2 is 2.00 bits per heavy atom. The van der Waals surface area contributed by atoms with Crippen LogP contribution in [-0.4, -0.2) is 52.9 Å². The first-order valence-electron chi connectivity index (χ1n) is 8.58. The van der Waals surface area contributed by atoms with Crippen LogP contribution in [0.15, 0.2) is 42.6 Å². The smallest absolute Gasteiger partial charge is 0.151 e. The number of benzene rings is 1. The predicted octanol–water partition coefficient (Wildman–Crippen LogP) is 1.98. The molecule has 6 heteroatoms. The SMILES string of the molecule is CN(CC(O)c1ccc(C#N)cc1)C1CCN(c2cccnn2)CC1. The first-order chi connectivity index (χ1) is 12.2. The standard InChI is InChI=1S/C19H23N5O/c1-23(14-18(25)16-6-4-15(13-20)5-7-16)17-8-11-24(12-9-17)19-3-2-10-21-22-19/h2-7,10,17-18,25H,8-9,11-12,14H2,1H3. The Kier molecular flexibility index (Phi) is 5.59. The fourth-order valence-electron chi connectivity index (χ4n) is 3.30. The van der Waals surface area contributed by atoms with Crippen LogP contribution < -0.4 is 4.90 Å². The van der Waals surface area contributed by atoms with Gasteiger partial charge >= 0.3 is 0 Å².